The van der Waals surface area contributed by atoms with E-state index in [1.54, 1.807) is 0 Å². The van der Waals surface area contributed by atoms with Crippen molar-refractivity contribution in [2.75, 3.05) is 18.0 Å². The molecular weight excluding hydrogens is 219 g/mol. The number of hydrogen-bond donors (Lipinski definition) is 1. The molecular formula is C10H12F3N3. The van der Waals surface area contributed by atoms with E-state index in [0.717, 1.165) is 19.0 Å². The molecule has 88 valence electrons. The van der Waals surface area contributed by atoms with Gasteiger partial charge in [0, 0.05) is 19.1 Å². The molecule has 1 aromatic rings. The summed E-state index contributed by atoms with van der Waals surface area (Å²) in [5, 5.41) is 0. The third-order valence-corrected chi connectivity index (χ3v) is 2.63. The molecule has 2 heterocycles. The average Bonchev–Trinajstić information content (AvgIpc) is 2.64. The minimum absolute atomic E-state index is 0.0993. The van der Waals surface area contributed by atoms with E-state index in [9.17, 15) is 13.2 Å². The largest absolute Gasteiger partial charge is 0.433 e. The van der Waals surface area contributed by atoms with Crippen LogP contribution in [0.25, 0.3) is 0 Å². The van der Waals surface area contributed by atoms with Gasteiger partial charge in [0.25, 0.3) is 0 Å². The monoisotopic (exact) mass is 231 g/mol. The van der Waals surface area contributed by atoms with Gasteiger partial charge in [0.1, 0.15) is 5.69 Å². The number of nitrogens with zero attached hydrogens (tertiary/aromatic N) is 2. The van der Waals surface area contributed by atoms with Crippen LogP contribution >= 0.6 is 0 Å². The average molecular weight is 231 g/mol. The SMILES string of the molecule is NC1CCN(c2ccc(C(F)(F)F)nc2)C1. The number of pyridine rings is 1. The number of hydrogen-bond acceptors (Lipinski definition) is 3. The molecule has 2 rings (SSSR count). The van der Waals surface area contributed by atoms with Crippen LogP contribution in [0.1, 0.15) is 12.1 Å². The van der Waals surface area contributed by atoms with E-state index in [0.29, 0.717) is 12.2 Å². The van der Waals surface area contributed by atoms with Crippen LogP contribution in [-0.4, -0.2) is 24.1 Å². The predicted molar refractivity (Wildman–Crippen MR) is 54.0 cm³/mol. The zero-order valence-corrected chi connectivity index (χ0v) is 8.54. The molecule has 1 unspecified atom stereocenters. The molecule has 16 heavy (non-hydrogen) atoms. The summed E-state index contributed by atoms with van der Waals surface area (Å²) in [5.41, 5.74) is 5.55. The topological polar surface area (TPSA) is 42.1 Å². The van der Waals surface area contributed by atoms with Crippen LogP contribution in [0.15, 0.2) is 18.3 Å². The van der Waals surface area contributed by atoms with Crippen LogP contribution in [0.5, 0.6) is 0 Å². The zero-order chi connectivity index (χ0) is 11.8. The van der Waals surface area contributed by atoms with Gasteiger partial charge in [0.2, 0.25) is 0 Å². The quantitative estimate of drug-likeness (QED) is 0.798. The number of aromatic nitrogens is 1. The molecule has 2 N–H and O–H groups in total. The number of nitrogens with two attached hydrogens (primary N) is 1. The van der Waals surface area contributed by atoms with Crippen LogP contribution in [-0.2, 0) is 6.18 Å². The van der Waals surface area contributed by atoms with Gasteiger partial charge in [-0.05, 0) is 18.6 Å². The fourth-order valence-electron chi connectivity index (χ4n) is 1.76. The van der Waals surface area contributed by atoms with Gasteiger partial charge in [0.15, 0.2) is 0 Å². The van der Waals surface area contributed by atoms with Crippen molar-refractivity contribution in [2.24, 2.45) is 5.73 Å². The molecule has 1 fully saturated rings. The Balaban J connectivity index is 2.14. The molecule has 0 saturated carbocycles. The summed E-state index contributed by atoms with van der Waals surface area (Å²) in [6.45, 7) is 1.45. The predicted octanol–water partition coefficient (Wildman–Crippen LogP) is 1.64. The molecule has 0 amide bonds. The number of anilines is 1. The lowest BCUT2D eigenvalue weighted by Gasteiger charge is -2.17. The Morgan fingerprint density at radius 3 is 2.56 bits per heavy atom. The summed E-state index contributed by atoms with van der Waals surface area (Å²) in [4.78, 5) is 5.35. The lowest BCUT2D eigenvalue weighted by atomic mass is 10.3. The van der Waals surface area contributed by atoms with Crippen molar-refractivity contribution in [3.8, 4) is 0 Å². The molecule has 0 aromatic carbocycles. The molecule has 0 aliphatic carbocycles. The summed E-state index contributed by atoms with van der Waals surface area (Å²) < 4.78 is 36.8. The Morgan fingerprint density at radius 2 is 2.12 bits per heavy atom. The smallest absolute Gasteiger partial charge is 0.369 e. The first-order valence-electron chi connectivity index (χ1n) is 5.00. The third kappa shape index (κ3) is 2.27. The summed E-state index contributed by atoms with van der Waals surface area (Å²) in [6.07, 6.45) is -2.26. The number of alkyl halides is 3. The molecule has 1 atom stereocenters. The van der Waals surface area contributed by atoms with E-state index < -0.39 is 11.9 Å². The van der Waals surface area contributed by atoms with Crippen LogP contribution in [0, 0.1) is 0 Å². The van der Waals surface area contributed by atoms with E-state index in [-0.39, 0.29) is 6.04 Å². The van der Waals surface area contributed by atoms with Gasteiger partial charge in [-0.1, -0.05) is 0 Å². The zero-order valence-electron chi connectivity index (χ0n) is 8.54. The van der Waals surface area contributed by atoms with Gasteiger partial charge < -0.3 is 10.6 Å². The maximum Gasteiger partial charge on any atom is 0.433 e. The van der Waals surface area contributed by atoms with Crippen LogP contribution in [0.4, 0.5) is 18.9 Å². The highest BCUT2D eigenvalue weighted by Crippen LogP contribution is 2.29. The van der Waals surface area contributed by atoms with E-state index in [2.05, 4.69) is 4.98 Å². The molecule has 1 aliphatic heterocycles. The minimum Gasteiger partial charge on any atom is -0.369 e. The second-order valence-electron chi connectivity index (χ2n) is 3.89. The van der Waals surface area contributed by atoms with Crippen molar-refractivity contribution in [1.29, 1.82) is 0 Å². The van der Waals surface area contributed by atoms with Gasteiger partial charge in [-0.25, -0.2) is 4.98 Å². The minimum atomic E-state index is -4.38. The van der Waals surface area contributed by atoms with E-state index in [1.165, 1.54) is 12.3 Å². The Morgan fingerprint density at radius 1 is 1.38 bits per heavy atom. The van der Waals surface area contributed by atoms with Crippen molar-refractivity contribution >= 4 is 5.69 Å². The van der Waals surface area contributed by atoms with E-state index in [4.69, 9.17) is 5.73 Å². The second-order valence-corrected chi connectivity index (χ2v) is 3.89. The first-order valence-corrected chi connectivity index (χ1v) is 5.00. The molecule has 6 heteroatoms. The lowest BCUT2D eigenvalue weighted by Crippen LogP contribution is -2.26. The van der Waals surface area contributed by atoms with Crippen molar-refractivity contribution < 1.29 is 13.2 Å². The highest BCUT2D eigenvalue weighted by atomic mass is 19.4. The van der Waals surface area contributed by atoms with Crippen LogP contribution < -0.4 is 10.6 Å². The van der Waals surface area contributed by atoms with Gasteiger partial charge in [-0.2, -0.15) is 13.2 Å². The third-order valence-electron chi connectivity index (χ3n) is 2.63. The normalized spacial score (nSPS) is 21.5. The maximum absolute atomic E-state index is 12.3. The number of rotatable bonds is 1. The van der Waals surface area contributed by atoms with Gasteiger partial charge >= 0.3 is 6.18 Å². The van der Waals surface area contributed by atoms with Gasteiger partial charge in [-0.15, -0.1) is 0 Å². The van der Waals surface area contributed by atoms with E-state index >= 15 is 0 Å². The molecule has 0 bridgehead atoms. The molecule has 3 nitrogen and oxygen atoms in total. The highest BCUT2D eigenvalue weighted by Gasteiger charge is 2.32. The summed E-state index contributed by atoms with van der Waals surface area (Å²) in [7, 11) is 0. The standard InChI is InChI=1S/C10H12F3N3/c11-10(12,13)9-2-1-8(5-15-9)16-4-3-7(14)6-16/h1-2,5,7H,3-4,6,14H2. The molecule has 0 spiro atoms. The fraction of sp³-hybridized carbons (Fsp3) is 0.500. The maximum atomic E-state index is 12.3. The Kier molecular flexibility index (Phi) is 2.75. The Labute approximate surface area is 91.1 Å². The Hall–Kier alpha value is -1.30. The summed E-state index contributed by atoms with van der Waals surface area (Å²) in [5.74, 6) is 0. The first-order chi connectivity index (χ1) is 7.47. The second kappa shape index (κ2) is 3.93. The van der Waals surface area contributed by atoms with Crippen molar-refractivity contribution in [3.05, 3.63) is 24.0 Å². The van der Waals surface area contributed by atoms with Crippen LogP contribution in [0.2, 0.25) is 0 Å². The number of halogens is 3. The highest BCUT2D eigenvalue weighted by molar-refractivity contribution is 5.46. The Bertz CT molecular complexity index is 361. The lowest BCUT2D eigenvalue weighted by molar-refractivity contribution is -0.141. The van der Waals surface area contributed by atoms with Crippen LogP contribution in [0.3, 0.4) is 0 Å². The molecule has 1 aromatic heterocycles. The van der Waals surface area contributed by atoms with E-state index in [1.807, 2.05) is 4.90 Å². The molecule has 1 saturated heterocycles. The van der Waals surface area contributed by atoms with Gasteiger partial charge in [0.05, 0.1) is 11.9 Å². The van der Waals surface area contributed by atoms with Crippen molar-refractivity contribution in [2.45, 2.75) is 18.6 Å². The first kappa shape index (κ1) is 11.2. The van der Waals surface area contributed by atoms with Crippen molar-refractivity contribution in [1.82, 2.24) is 4.98 Å². The van der Waals surface area contributed by atoms with Crippen molar-refractivity contribution in [3.63, 3.8) is 0 Å². The molecule has 0 radical (unpaired) electrons. The molecule has 1 aliphatic rings. The summed E-state index contributed by atoms with van der Waals surface area (Å²) in [6, 6.07) is 2.54. The fourth-order valence-corrected chi connectivity index (χ4v) is 1.76. The summed E-state index contributed by atoms with van der Waals surface area (Å²) >= 11 is 0. The van der Waals surface area contributed by atoms with Gasteiger partial charge in [-0.3, -0.25) is 0 Å².